The number of carbonyl (C=O) groups excluding carboxylic acids is 1. The number of rotatable bonds is 12. The fourth-order valence-electron chi connectivity index (χ4n) is 2.27. The predicted molar refractivity (Wildman–Crippen MR) is 95.3 cm³/mol. The summed E-state index contributed by atoms with van der Waals surface area (Å²) in [6, 6.07) is 2.85. The Morgan fingerprint density at radius 1 is 0.920 bits per heavy atom. The zero-order chi connectivity index (χ0) is 18.1. The van der Waals surface area contributed by atoms with Crippen molar-refractivity contribution >= 4 is 13.4 Å². The lowest BCUT2D eigenvalue weighted by Gasteiger charge is -2.11. The van der Waals surface area contributed by atoms with Gasteiger partial charge in [-0.15, -0.1) is 0 Å². The van der Waals surface area contributed by atoms with Crippen LogP contribution in [0, 0.1) is 0 Å². The molecule has 0 saturated heterocycles. The summed E-state index contributed by atoms with van der Waals surface area (Å²) in [5, 5.41) is 19.8. The quantitative estimate of drug-likeness (QED) is 0.433. The third kappa shape index (κ3) is 6.29. The van der Waals surface area contributed by atoms with Gasteiger partial charge in [0.15, 0.2) is 17.3 Å². The molecule has 1 unspecified atom stereocenters. The molecule has 0 amide bonds. The number of hydrogen-bond donors (Lipinski definition) is 2. The topological polar surface area (TPSA) is 90.2 Å². The summed E-state index contributed by atoms with van der Waals surface area (Å²) in [6.45, 7) is 6.95. The minimum Gasteiger partial charge on any atom is -0.494 e. The van der Waals surface area contributed by atoms with Crippen LogP contribution in [-0.4, -0.2) is 66.1 Å². The number of aromatic hydroxyl groups is 2. The molecule has 2 N–H and O–H groups in total. The van der Waals surface area contributed by atoms with Crippen LogP contribution >= 0.6 is 7.92 Å². The number of allylic oxidation sites excluding steroid dienone is 3. The summed E-state index contributed by atoms with van der Waals surface area (Å²) in [4.78, 5) is 11.5. The smallest absolute Gasteiger partial charge is 0.193 e. The Bertz CT molecular complexity index is 575. The van der Waals surface area contributed by atoms with Crippen molar-refractivity contribution in [2.45, 2.75) is 6.54 Å². The normalized spacial score (nSPS) is 16.9. The molecular weight excluding hydrogens is 345 g/mol. The summed E-state index contributed by atoms with van der Waals surface area (Å²) in [5.74, 6) is 0.0178. The maximum Gasteiger partial charge on any atom is 0.193 e. The summed E-state index contributed by atoms with van der Waals surface area (Å²) in [7, 11) is -0.790. The van der Waals surface area contributed by atoms with Crippen molar-refractivity contribution in [3.63, 3.8) is 0 Å². The van der Waals surface area contributed by atoms with E-state index < -0.39 is 7.92 Å². The van der Waals surface area contributed by atoms with Gasteiger partial charge in [-0.1, -0.05) is 12.7 Å². The van der Waals surface area contributed by atoms with E-state index in [1.54, 1.807) is 12.2 Å². The molecule has 2 rings (SSSR count). The molecule has 0 aliphatic carbocycles. The van der Waals surface area contributed by atoms with Crippen molar-refractivity contribution in [1.29, 1.82) is 0 Å². The van der Waals surface area contributed by atoms with Crippen LogP contribution in [0.4, 0.5) is 0 Å². The van der Waals surface area contributed by atoms with Crippen LogP contribution in [0.5, 0.6) is 11.8 Å². The van der Waals surface area contributed by atoms with Gasteiger partial charge in [-0.25, -0.2) is 0 Å². The first kappa shape index (κ1) is 19.7. The van der Waals surface area contributed by atoms with E-state index in [4.69, 9.17) is 14.2 Å². The molecule has 0 radical (unpaired) electrons. The van der Waals surface area contributed by atoms with Crippen LogP contribution in [0.1, 0.15) is 0 Å². The first-order valence-corrected chi connectivity index (χ1v) is 9.61. The van der Waals surface area contributed by atoms with Gasteiger partial charge in [0, 0.05) is 26.2 Å². The molecule has 0 bridgehead atoms. The maximum atomic E-state index is 11.5. The lowest BCUT2D eigenvalue weighted by Crippen LogP contribution is -2.12. The van der Waals surface area contributed by atoms with Crippen LogP contribution in [0.2, 0.25) is 0 Å². The van der Waals surface area contributed by atoms with E-state index in [1.165, 1.54) is 16.7 Å². The second-order valence-electron chi connectivity index (χ2n) is 5.35. The largest absolute Gasteiger partial charge is 0.494 e. The molecule has 1 aliphatic heterocycles. The molecule has 0 fully saturated rings. The Labute approximate surface area is 148 Å². The molecule has 0 spiro atoms. The van der Waals surface area contributed by atoms with E-state index in [0.29, 0.717) is 52.3 Å². The molecule has 7 nitrogen and oxygen atoms in total. The van der Waals surface area contributed by atoms with E-state index in [-0.39, 0.29) is 17.3 Å². The Morgan fingerprint density at radius 2 is 1.48 bits per heavy atom. The second-order valence-corrected chi connectivity index (χ2v) is 7.67. The molecule has 25 heavy (non-hydrogen) atoms. The van der Waals surface area contributed by atoms with Gasteiger partial charge in [-0.05, 0) is 11.4 Å². The summed E-state index contributed by atoms with van der Waals surface area (Å²) in [5.41, 5.74) is 0.165. The van der Waals surface area contributed by atoms with Gasteiger partial charge in [0.05, 0.1) is 46.2 Å². The van der Waals surface area contributed by atoms with Crippen molar-refractivity contribution in [1.82, 2.24) is 4.57 Å². The molecule has 1 atom stereocenters. The van der Waals surface area contributed by atoms with E-state index in [2.05, 4.69) is 6.58 Å². The van der Waals surface area contributed by atoms with Crippen molar-refractivity contribution < 1.29 is 29.2 Å². The zero-order valence-corrected chi connectivity index (χ0v) is 15.0. The highest BCUT2D eigenvalue weighted by Gasteiger charge is 2.22. The van der Waals surface area contributed by atoms with Crippen LogP contribution in [-0.2, 0) is 25.5 Å². The van der Waals surface area contributed by atoms with Crippen LogP contribution in [0.15, 0.2) is 36.2 Å². The average Bonchev–Trinajstić information content (AvgIpc) is 3.08. The van der Waals surface area contributed by atoms with E-state index in [9.17, 15) is 15.0 Å². The Balaban J connectivity index is 1.39. The van der Waals surface area contributed by atoms with E-state index in [0.717, 1.165) is 5.31 Å². The number of carbonyl (C=O) groups is 1. The Kier molecular flexibility index (Phi) is 8.15. The predicted octanol–water partition coefficient (Wildman–Crippen LogP) is 2.04. The fourth-order valence-corrected chi connectivity index (χ4v) is 3.88. The minimum absolute atomic E-state index is 0.00888. The van der Waals surface area contributed by atoms with Gasteiger partial charge in [-0.3, -0.25) is 9.36 Å². The summed E-state index contributed by atoms with van der Waals surface area (Å²) in [6.07, 6.45) is 4.09. The van der Waals surface area contributed by atoms with Gasteiger partial charge in [0.1, 0.15) is 0 Å². The molecule has 0 aromatic carbocycles. The first-order valence-electron chi connectivity index (χ1n) is 8.09. The van der Waals surface area contributed by atoms with Crippen LogP contribution in [0.25, 0.3) is 0 Å². The lowest BCUT2D eigenvalue weighted by atomic mass is 10.5. The monoisotopic (exact) mass is 369 g/mol. The van der Waals surface area contributed by atoms with Crippen LogP contribution < -0.4 is 0 Å². The maximum absolute atomic E-state index is 11.5. The third-order valence-corrected chi connectivity index (χ3v) is 5.78. The minimum atomic E-state index is -0.790. The summed E-state index contributed by atoms with van der Waals surface area (Å²) >= 11 is 0. The molecule has 1 aliphatic rings. The highest BCUT2D eigenvalue weighted by atomic mass is 31.1. The van der Waals surface area contributed by atoms with E-state index >= 15 is 0 Å². The van der Waals surface area contributed by atoms with Gasteiger partial charge < -0.3 is 24.4 Å². The van der Waals surface area contributed by atoms with Gasteiger partial charge in [0.2, 0.25) is 0 Å². The van der Waals surface area contributed by atoms with Crippen molar-refractivity contribution in [2.24, 2.45) is 0 Å². The highest BCUT2D eigenvalue weighted by molar-refractivity contribution is 7.79. The standard InChI is InChI=1S/C17H24NO6P/c1-14-2-5-17(21)25(14)13-12-24-11-10-23-9-8-22-7-6-18-15(19)3-4-16(18)20/h2-5,19-20H,1,6-13H2. The molecule has 2 heterocycles. The Morgan fingerprint density at radius 3 is 2.04 bits per heavy atom. The van der Waals surface area contributed by atoms with Crippen LogP contribution in [0.3, 0.4) is 0 Å². The van der Waals surface area contributed by atoms with Gasteiger partial charge in [-0.2, -0.15) is 0 Å². The third-order valence-electron chi connectivity index (χ3n) is 3.63. The Hall–Kier alpha value is -1.66. The molecule has 1 aromatic rings. The molecular formula is C17H24NO6P. The summed E-state index contributed by atoms with van der Waals surface area (Å²) < 4.78 is 17.6. The SMILES string of the molecule is C=C1C=CC(=O)P1CCOCCOCCOCCn1c(O)ccc1O. The van der Waals surface area contributed by atoms with Gasteiger partial charge >= 0.3 is 0 Å². The van der Waals surface area contributed by atoms with Gasteiger partial charge in [0.25, 0.3) is 0 Å². The lowest BCUT2D eigenvalue weighted by molar-refractivity contribution is -0.107. The van der Waals surface area contributed by atoms with Crippen molar-refractivity contribution in [3.8, 4) is 11.8 Å². The number of hydrogen-bond acceptors (Lipinski definition) is 6. The van der Waals surface area contributed by atoms with Crippen molar-refractivity contribution in [3.05, 3.63) is 36.2 Å². The number of ether oxygens (including phenoxy) is 3. The first-order chi connectivity index (χ1) is 12.1. The fraction of sp³-hybridized carbons (Fsp3) is 0.471. The highest BCUT2D eigenvalue weighted by Crippen LogP contribution is 2.49. The molecule has 8 heteroatoms. The molecule has 1 aromatic heterocycles. The number of aromatic nitrogens is 1. The second kappa shape index (κ2) is 10.4. The number of nitrogens with zero attached hydrogens (tertiary/aromatic N) is 1. The van der Waals surface area contributed by atoms with Crippen molar-refractivity contribution in [2.75, 3.05) is 45.8 Å². The van der Waals surface area contributed by atoms with E-state index in [1.807, 2.05) is 0 Å². The zero-order valence-electron chi connectivity index (χ0n) is 14.1. The molecule has 138 valence electrons. The average molecular weight is 369 g/mol. The molecule has 0 saturated carbocycles.